The van der Waals surface area contributed by atoms with Gasteiger partial charge in [-0.2, -0.15) is 0 Å². The van der Waals surface area contributed by atoms with Crippen LogP contribution in [-0.2, 0) is 6.54 Å². The van der Waals surface area contributed by atoms with Gasteiger partial charge >= 0.3 is 5.97 Å². The van der Waals surface area contributed by atoms with Crippen LogP contribution in [0.1, 0.15) is 70.4 Å². The highest BCUT2D eigenvalue weighted by Gasteiger charge is 2.29. The van der Waals surface area contributed by atoms with Crippen LogP contribution in [0.25, 0.3) is 43.8 Å². The molecular formula is C34H31N3O4S. The summed E-state index contributed by atoms with van der Waals surface area (Å²) in [5.74, 6) is 0.976. The van der Waals surface area contributed by atoms with Crippen molar-refractivity contribution in [1.29, 1.82) is 0 Å². The second-order valence-corrected chi connectivity index (χ2v) is 12.3. The highest BCUT2D eigenvalue weighted by molar-refractivity contribution is 7.21. The number of oxazole rings is 1. The molecule has 0 spiro atoms. The molecule has 4 heterocycles. The van der Waals surface area contributed by atoms with Crippen LogP contribution in [0, 0.1) is 13.8 Å². The average molecular weight is 578 g/mol. The predicted molar refractivity (Wildman–Crippen MR) is 166 cm³/mol. The third kappa shape index (κ3) is 4.65. The van der Waals surface area contributed by atoms with Gasteiger partial charge in [-0.3, -0.25) is 0 Å². The fourth-order valence-corrected chi connectivity index (χ4v) is 7.63. The highest BCUT2D eigenvalue weighted by Crippen LogP contribution is 2.47. The van der Waals surface area contributed by atoms with Crippen LogP contribution in [0.15, 0.2) is 65.1 Å². The summed E-state index contributed by atoms with van der Waals surface area (Å²) in [7, 11) is 0. The van der Waals surface area contributed by atoms with Crippen molar-refractivity contribution in [3.8, 4) is 28.5 Å². The van der Waals surface area contributed by atoms with Crippen molar-refractivity contribution < 1.29 is 19.4 Å². The second-order valence-electron chi connectivity index (χ2n) is 11.2. The molecule has 8 heteroatoms. The molecule has 0 aliphatic heterocycles. The summed E-state index contributed by atoms with van der Waals surface area (Å²) in [6, 6.07) is 19.5. The number of thiophene rings is 1. The lowest BCUT2D eigenvalue weighted by Crippen LogP contribution is -2.08. The molecule has 6 aromatic rings. The van der Waals surface area contributed by atoms with Crippen LogP contribution in [-0.4, -0.2) is 30.7 Å². The average Bonchev–Trinajstić information content (AvgIpc) is 3.65. The Hall–Kier alpha value is -4.43. The maximum atomic E-state index is 12.1. The number of aromatic carboxylic acids is 1. The van der Waals surface area contributed by atoms with E-state index in [9.17, 15) is 15.0 Å². The quantitative estimate of drug-likeness (QED) is 0.205. The summed E-state index contributed by atoms with van der Waals surface area (Å²) in [5, 5.41) is 21.1. The summed E-state index contributed by atoms with van der Waals surface area (Å²) >= 11 is 1.38. The monoisotopic (exact) mass is 577 g/mol. The van der Waals surface area contributed by atoms with Gasteiger partial charge in [0.25, 0.3) is 0 Å². The Labute approximate surface area is 247 Å². The van der Waals surface area contributed by atoms with Crippen molar-refractivity contribution in [3.63, 3.8) is 0 Å². The zero-order chi connectivity index (χ0) is 29.0. The number of rotatable bonds is 6. The number of hydrogen-bond acceptors (Lipinski definition) is 6. The molecule has 2 N–H and O–H groups in total. The lowest BCUT2D eigenvalue weighted by atomic mass is 9.83. The third-order valence-corrected chi connectivity index (χ3v) is 9.49. The summed E-state index contributed by atoms with van der Waals surface area (Å²) in [4.78, 5) is 21.7. The molecule has 0 amide bonds. The lowest BCUT2D eigenvalue weighted by Gasteiger charge is -2.24. The van der Waals surface area contributed by atoms with Gasteiger partial charge in [-0.1, -0.05) is 43.5 Å². The summed E-state index contributed by atoms with van der Waals surface area (Å²) in [6.07, 6.45) is 5.76. The van der Waals surface area contributed by atoms with Gasteiger partial charge in [0.2, 0.25) is 0 Å². The molecule has 42 heavy (non-hydrogen) atoms. The van der Waals surface area contributed by atoms with E-state index in [0.29, 0.717) is 29.0 Å². The van der Waals surface area contributed by atoms with E-state index in [4.69, 9.17) is 9.40 Å². The molecule has 1 saturated carbocycles. The molecule has 1 fully saturated rings. The number of phenols is 1. The number of fused-ring (bicyclic) bond motifs is 2. The third-order valence-electron chi connectivity index (χ3n) is 8.35. The number of nitrogens with zero attached hydrogens (tertiary/aromatic N) is 3. The molecule has 0 unspecified atom stereocenters. The fraction of sp³-hybridized carbons (Fsp3) is 0.265. The van der Waals surface area contributed by atoms with Crippen molar-refractivity contribution in [2.24, 2.45) is 0 Å². The molecular weight excluding hydrogens is 546 g/mol. The number of phenolic OH excluding ortho intramolecular Hbond substituents is 1. The van der Waals surface area contributed by atoms with Gasteiger partial charge in [0, 0.05) is 18.9 Å². The topological polar surface area (TPSA) is 101 Å². The van der Waals surface area contributed by atoms with E-state index in [2.05, 4.69) is 33.8 Å². The van der Waals surface area contributed by atoms with E-state index in [-0.39, 0.29) is 5.75 Å². The molecule has 212 valence electrons. The Bertz CT molecular complexity index is 1980. The van der Waals surface area contributed by atoms with Gasteiger partial charge in [0.1, 0.15) is 16.3 Å². The van der Waals surface area contributed by atoms with Gasteiger partial charge < -0.3 is 19.2 Å². The van der Waals surface area contributed by atoms with Gasteiger partial charge in [-0.15, -0.1) is 11.3 Å². The summed E-state index contributed by atoms with van der Waals surface area (Å²) < 4.78 is 9.13. The fourth-order valence-electron chi connectivity index (χ4n) is 6.50. The van der Waals surface area contributed by atoms with Crippen LogP contribution in [0.4, 0.5) is 0 Å². The van der Waals surface area contributed by atoms with Crippen molar-refractivity contribution in [3.05, 3.63) is 88.3 Å². The number of aryl methyl sites for hydroxylation is 2. The molecule has 7 rings (SSSR count). The number of carboxylic acids is 1. The molecule has 0 radical (unpaired) electrons. The number of pyridine rings is 1. The summed E-state index contributed by atoms with van der Waals surface area (Å²) in [6.45, 7) is 4.28. The first-order valence-corrected chi connectivity index (χ1v) is 15.2. The number of benzene rings is 2. The van der Waals surface area contributed by atoms with E-state index < -0.39 is 5.97 Å². The molecule has 7 nitrogen and oxygen atoms in total. The minimum absolute atomic E-state index is 0.214. The zero-order valence-electron chi connectivity index (χ0n) is 23.6. The lowest BCUT2D eigenvalue weighted by molar-refractivity contribution is 0.0702. The number of aromatic hydroxyl groups is 1. The molecule has 1 aliphatic carbocycles. The Balaban J connectivity index is 1.43. The van der Waals surface area contributed by atoms with Gasteiger partial charge in [-0.05, 0) is 78.8 Å². The maximum Gasteiger partial charge on any atom is 0.345 e. The van der Waals surface area contributed by atoms with Crippen molar-refractivity contribution in [2.45, 2.75) is 58.4 Å². The van der Waals surface area contributed by atoms with Gasteiger partial charge in [0.05, 0.1) is 27.1 Å². The van der Waals surface area contributed by atoms with Crippen LogP contribution in [0.5, 0.6) is 5.75 Å². The highest BCUT2D eigenvalue weighted by atomic mass is 32.1. The molecule has 1 aliphatic rings. The number of carboxylic acid groups (broad SMARTS) is 1. The second kappa shape index (κ2) is 10.4. The van der Waals surface area contributed by atoms with Crippen molar-refractivity contribution >= 4 is 38.4 Å². The molecule has 0 bridgehead atoms. The van der Waals surface area contributed by atoms with Crippen molar-refractivity contribution in [1.82, 2.24) is 14.5 Å². The van der Waals surface area contributed by atoms with Crippen LogP contribution < -0.4 is 0 Å². The van der Waals surface area contributed by atoms with Gasteiger partial charge in [-0.25, -0.2) is 14.8 Å². The predicted octanol–water partition coefficient (Wildman–Crippen LogP) is 8.69. The minimum Gasteiger partial charge on any atom is -0.508 e. The first kappa shape index (κ1) is 26.5. The first-order valence-electron chi connectivity index (χ1n) is 14.4. The van der Waals surface area contributed by atoms with Crippen LogP contribution in [0.3, 0.4) is 0 Å². The standard InChI is InChI=1S/C34H31N3O4S/c1-19-32(41-20(2)35-19)27-14-11-23-16-24(12-13-26(23)36-27)31-30(22-8-4-3-5-9-22)33-28(17-29(42-33)34(39)40)37(31)18-21-7-6-10-25(38)15-21/h6-7,10-17,22,38H,3-5,8-9,18H2,1-2H3,(H,39,40). The van der Waals surface area contributed by atoms with E-state index in [0.717, 1.165) is 62.2 Å². The van der Waals surface area contributed by atoms with Gasteiger partial charge in [0.15, 0.2) is 11.7 Å². The summed E-state index contributed by atoms with van der Waals surface area (Å²) in [5.41, 5.74) is 7.77. The van der Waals surface area contributed by atoms with Crippen LogP contribution >= 0.6 is 11.3 Å². The molecule has 0 atom stereocenters. The molecule has 4 aromatic heterocycles. The van der Waals surface area contributed by atoms with E-state index in [1.807, 2.05) is 38.1 Å². The smallest absolute Gasteiger partial charge is 0.345 e. The number of hydrogen-bond donors (Lipinski definition) is 2. The molecule has 2 aromatic carbocycles. The largest absolute Gasteiger partial charge is 0.508 e. The Kier molecular flexibility index (Phi) is 6.58. The normalized spacial score (nSPS) is 14.2. The van der Waals surface area contributed by atoms with E-state index in [1.165, 1.54) is 36.2 Å². The SMILES string of the molecule is Cc1nc(C)c(-c2ccc3cc(-c4c(C5CCCCC5)c5sc(C(=O)O)cc5n4Cc4cccc(O)c4)ccc3n2)o1. The van der Waals surface area contributed by atoms with E-state index >= 15 is 0 Å². The van der Waals surface area contributed by atoms with Crippen molar-refractivity contribution in [2.75, 3.05) is 0 Å². The maximum absolute atomic E-state index is 12.1. The van der Waals surface area contributed by atoms with Crippen LogP contribution in [0.2, 0.25) is 0 Å². The number of carbonyl (C=O) groups is 1. The Morgan fingerprint density at radius 2 is 1.86 bits per heavy atom. The molecule has 0 saturated heterocycles. The van der Waals surface area contributed by atoms with E-state index in [1.54, 1.807) is 12.1 Å². The minimum atomic E-state index is -0.902. The Morgan fingerprint density at radius 3 is 2.60 bits per heavy atom. The Morgan fingerprint density at radius 1 is 1.02 bits per heavy atom. The number of aromatic nitrogens is 3. The zero-order valence-corrected chi connectivity index (χ0v) is 24.4. The first-order chi connectivity index (χ1) is 20.4.